The summed E-state index contributed by atoms with van der Waals surface area (Å²) in [6, 6.07) is 5.10. The van der Waals surface area contributed by atoms with E-state index in [0.29, 0.717) is 41.8 Å². The van der Waals surface area contributed by atoms with Gasteiger partial charge in [-0.05, 0) is 38.0 Å². The van der Waals surface area contributed by atoms with Crippen LogP contribution in [-0.2, 0) is 21.2 Å². The lowest BCUT2D eigenvalue weighted by Crippen LogP contribution is -2.38. The number of rotatable bonds is 4. The summed E-state index contributed by atoms with van der Waals surface area (Å²) in [5.41, 5.74) is 1.11. The molecular formula is C18H21Cl2N3O4S. The zero-order valence-corrected chi connectivity index (χ0v) is 17.9. The Morgan fingerprint density at radius 1 is 1.14 bits per heavy atom. The van der Waals surface area contributed by atoms with Crippen molar-refractivity contribution in [3.63, 3.8) is 0 Å². The van der Waals surface area contributed by atoms with Crippen molar-refractivity contribution in [1.29, 1.82) is 0 Å². The number of carbonyl (C=O) groups is 1. The Hall–Kier alpha value is -1.61. The van der Waals surface area contributed by atoms with Crippen LogP contribution in [0, 0.1) is 13.8 Å². The van der Waals surface area contributed by atoms with Gasteiger partial charge in [0.25, 0.3) is 0 Å². The number of carbonyl (C=O) groups excluding carboxylic acids is 1. The van der Waals surface area contributed by atoms with Crippen LogP contribution in [-0.4, -0.2) is 54.9 Å². The Morgan fingerprint density at radius 2 is 1.89 bits per heavy atom. The summed E-state index contributed by atoms with van der Waals surface area (Å²) in [6.45, 7) is 4.56. The lowest BCUT2D eigenvalue weighted by Gasteiger charge is -2.22. The first-order chi connectivity index (χ1) is 13.2. The first kappa shape index (κ1) is 21.1. The highest BCUT2D eigenvalue weighted by Gasteiger charge is 2.32. The van der Waals surface area contributed by atoms with Gasteiger partial charge in [-0.3, -0.25) is 4.79 Å². The van der Waals surface area contributed by atoms with Crippen LogP contribution in [0.2, 0.25) is 10.0 Å². The lowest BCUT2D eigenvalue weighted by molar-refractivity contribution is -0.130. The summed E-state index contributed by atoms with van der Waals surface area (Å²) in [4.78, 5) is 14.5. The molecule has 1 fully saturated rings. The number of benzene rings is 1. The molecule has 1 aliphatic rings. The maximum Gasteiger partial charge on any atom is 0.248 e. The topological polar surface area (TPSA) is 83.7 Å². The Kier molecular flexibility index (Phi) is 6.34. The van der Waals surface area contributed by atoms with Gasteiger partial charge in [-0.1, -0.05) is 34.4 Å². The molecule has 3 rings (SSSR count). The van der Waals surface area contributed by atoms with Crippen LogP contribution in [0.15, 0.2) is 27.6 Å². The first-order valence-electron chi connectivity index (χ1n) is 8.85. The summed E-state index contributed by atoms with van der Waals surface area (Å²) in [7, 11) is -3.71. The minimum Gasteiger partial charge on any atom is -0.360 e. The molecule has 2 aromatic rings. The molecule has 0 aliphatic carbocycles. The minimum absolute atomic E-state index is 0.0741. The molecule has 2 heterocycles. The molecule has 0 bridgehead atoms. The van der Waals surface area contributed by atoms with Crippen molar-refractivity contribution in [2.45, 2.75) is 31.6 Å². The second kappa shape index (κ2) is 8.41. The van der Waals surface area contributed by atoms with Crippen LogP contribution in [0.5, 0.6) is 0 Å². The van der Waals surface area contributed by atoms with Gasteiger partial charge >= 0.3 is 0 Å². The molecule has 1 aromatic heterocycles. The Balaban J connectivity index is 1.69. The van der Waals surface area contributed by atoms with E-state index in [9.17, 15) is 13.2 Å². The number of hydrogen-bond donors (Lipinski definition) is 0. The largest absolute Gasteiger partial charge is 0.360 e. The highest BCUT2D eigenvalue weighted by molar-refractivity contribution is 7.89. The average Bonchev–Trinajstić information content (AvgIpc) is 2.84. The van der Waals surface area contributed by atoms with Crippen molar-refractivity contribution >= 4 is 39.1 Å². The van der Waals surface area contributed by atoms with Crippen LogP contribution in [0.3, 0.4) is 0 Å². The number of aromatic nitrogens is 1. The van der Waals surface area contributed by atoms with E-state index in [2.05, 4.69) is 5.16 Å². The van der Waals surface area contributed by atoms with Crippen molar-refractivity contribution in [2.75, 3.05) is 26.2 Å². The van der Waals surface area contributed by atoms with Gasteiger partial charge in [0, 0.05) is 26.2 Å². The summed E-state index contributed by atoms with van der Waals surface area (Å²) in [5, 5.41) is 4.58. The number of sulfonamides is 1. The predicted octanol–water partition coefficient (Wildman–Crippen LogP) is 3.06. The van der Waals surface area contributed by atoms with Gasteiger partial charge in [-0.2, -0.15) is 4.31 Å². The Morgan fingerprint density at radius 3 is 2.54 bits per heavy atom. The quantitative estimate of drug-likeness (QED) is 0.721. The summed E-state index contributed by atoms with van der Waals surface area (Å²) in [5.74, 6) is 0.198. The zero-order valence-electron chi connectivity index (χ0n) is 15.6. The second-order valence-electron chi connectivity index (χ2n) is 6.72. The lowest BCUT2D eigenvalue weighted by atomic mass is 10.1. The SMILES string of the molecule is Cc1noc(C)c1S(=O)(=O)N1CCCN(C(=O)Cc2ccc(Cl)c(Cl)c2)CC1. The monoisotopic (exact) mass is 445 g/mol. The third kappa shape index (κ3) is 4.35. The fourth-order valence-electron chi connectivity index (χ4n) is 3.29. The highest BCUT2D eigenvalue weighted by atomic mass is 35.5. The van der Waals surface area contributed by atoms with E-state index in [0.717, 1.165) is 5.56 Å². The van der Waals surface area contributed by atoms with E-state index in [-0.39, 0.29) is 29.5 Å². The van der Waals surface area contributed by atoms with Crippen LogP contribution < -0.4 is 0 Å². The Bertz CT molecular complexity index is 971. The standard InChI is InChI=1S/C18H21Cl2N3O4S/c1-12-18(13(2)27-21-12)28(25,26)23-7-3-6-22(8-9-23)17(24)11-14-4-5-15(19)16(20)10-14/h4-5,10H,3,6-9,11H2,1-2H3. The van der Waals surface area contributed by atoms with E-state index in [1.807, 2.05) is 0 Å². The van der Waals surface area contributed by atoms with Gasteiger partial charge in [0.1, 0.15) is 10.6 Å². The third-order valence-corrected chi connectivity index (χ3v) is 7.60. The van der Waals surface area contributed by atoms with Crippen LogP contribution in [0.1, 0.15) is 23.4 Å². The molecule has 1 saturated heterocycles. The van der Waals surface area contributed by atoms with E-state index in [4.69, 9.17) is 27.7 Å². The number of nitrogens with zero attached hydrogens (tertiary/aromatic N) is 3. The molecule has 0 radical (unpaired) electrons. The van der Waals surface area contributed by atoms with Gasteiger partial charge in [0.05, 0.1) is 16.5 Å². The number of aryl methyl sites for hydroxylation is 2. The van der Waals surface area contributed by atoms with Crippen LogP contribution in [0.25, 0.3) is 0 Å². The third-order valence-electron chi connectivity index (χ3n) is 4.71. The highest BCUT2D eigenvalue weighted by Crippen LogP contribution is 2.25. The number of amides is 1. The molecule has 1 amide bonds. The van der Waals surface area contributed by atoms with Crippen molar-refractivity contribution in [1.82, 2.24) is 14.4 Å². The normalized spacial score (nSPS) is 16.2. The maximum absolute atomic E-state index is 13.0. The number of hydrogen-bond acceptors (Lipinski definition) is 5. The van der Waals surface area contributed by atoms with Crippen molar-refractivity contribution in [3.05, 3.63) is 45.3 Å². The molecule has 0 unspecified atom stereocenters. The van der Waals surface area contributed by atoms with Gasteiger partial charge in [0.2, 0.25) is 15.9 Å². The van der Waals surface area contributed by atoms with E-state index in [1.165, 1.54) is 4.31 Å². The van der Waals surface area contributed by atoms with Gasteiger partial charge < -0.3 is 9.42 Å². The van der Waals surface area contributed by atoms with E-state index >= 15 is 0 Å². The summed E-state index contributed by atoms with van der Waals surface area (Å²) in [6.07, 6.45) is 0.739. The van der Waals surface area contributed by atoms with E-state index in [1.54, 1.807) is 36.9 Å². The molecule has 10 heteroatoms. The summed E-state index contributed by atoms with van der Waals surface area (Å²) >= 11 is 11.9. The molecule has 0 saturated carbocycles. The average molecular weight is 446 g/mol. The Labute approximate surface area is 174 Å². The number of halogens is 2. The van der Waals surface area contributed by atoms with Crippen LogP contribution in [0.4, 0.5) is 0 Å². The molecule has 1 aliphatic heterocycles. The molecule has 0 atom stereocenters. The maximum atomic E-state index is 13.0. The first-order valence-corrected chi connectivity index (χ1v) is 11.0. The van der Waals surface area contributed by atoms with Gasteiger partial charge in [-0.15, -0.1) is 0 Å². The summed E-state index contributed by atoms with van der Waals surface area (Å²) < 4.78 is 32.4. The molecule has 1 aromatic carbocycles. The molecular weight excluding hydrogens is 425 g/mol. The predicted molar refractivity (Wildman–Crippen MR) is 106 cm³/mol. The minimum atomic E-state index is -3.71. The van der Waals surface area contributed by atoms with Crippen molar-refractivity contribution < 1.29 is 17.7 Å². The zero-order chi connectivity index (χ0) is 20.5. The molecule has 7 nitrogen and oxygen atoms in total. The van der Waals surface area contributed by atoms with Gasteiger partial charge in [-0.25, -0.2) is 8.42 Å². The molecule has 152 valence electrons. The second-order valence-corrected chi connectivity index (χ2v) is 9.41. The van der Waals surface area contributed by atoms with E-state index < -0.39 is 10.0 Å². The molecule has 0 spiro atoms. The van der Waals surface area contributed by atoms with Gasteiger partial charge in [0.15, 0.2) is 5.76 Å². The van der Waals surface area contributed by atoms with Crippen molar-refractivity contribution in [2.24, 2.45) is 0 Å². The smallest absolute Gasteiger partial charge is 0.248 e. The van der Waals surface area contributed by atoms with Crippen LogP contribution >= 0.6 is 23.2 Å². The molecule has 28 heavy (non-hydrogen) atoms. The fraction of sp³-hybridized carbons (Fsp3) is 0.444. The fourth-order valence-corrected chi connectivity index (χ4v) is 5.37. The molecule has 0 N–H and O–H groups in total. The van der Waals surface area contributed by atoms with Crippen molar-refractivity contribution in [3.8, 4) is 0 Å².